The molecule has 2 rings (SSSR count). The molecular weight excluding hydrogens is 465 g/mol. The van der Waals surface area contributed by atoms with E-state index in [1.54, 1.807) is 0 Å². The zero-order valence-electron chi connectivity index (χ0n) is 18.0. The molecule has 0 amide bonds. The summed E-state index contributed by atoms with van der Waals surface area (Å²) >= 11 is 0. The second kappa shape index (κ2) is 14.0. The summed E-state index contributed by atoms with van der Waals surface area (Å²) in [5.41, 5.74) is 1.25. The van der Waals surface area contributed by atoms with Gasteiger partial charge >= 0.3 is 0 Å². The highest BCUT2D eigenvalue weighted by Crippen LogP contribution is 2.13. The van der Waals surface area contributed by atoms with E-state index in [4.69, 9.17) is 4.74 Å². The lowest BCUT2D eigenvalue weighted by Gasteiger charge is -2.23. The highest BCUT2D eigenvalue weighted by atomic mass is 127. The third-order valence-corrected chi connectivity index (χ3v) is 4.97. The molecule has 1 fully saturated rings. The van der Waals surface area contributed by atoms with Gasteiger partial charge in [-0.2, -0.15) is 0 Å². The van der Waals surface area contributed by atoms with Crippen LogP contribution < -0.4 is 10.1 Å². The number of guanidine groups is 1. The third-order valence-electron chi connectivity index (χ3n) is 4.97. The van der Waals surface area contributed by atoms with E-state index in [0.29, 0.717) is 6.61 Å². The first kappa shape index (κ1) is 25.0. The number of ether oxygens (including phenoxy) is 1. The van der Waals surface area contributed by atoms with Gasteiger partial charge in [-0.1, -0.05) is 12.1 Å². The molecule has 0 saturated carbocycles. The van der Waals surface area contributed by atoms with Crippen LogP contribution in [0.4, 0.5) is 0 Å². The molecule has 1 heterocycles. The maximum absolute atomic E-state index is 5.51. The highest BCUT2D eigenvalue weighted by molar-refractivity contribution is 14.0. The second-order valence-corrected chi connectivity index (χ2v) is 7.26. The predicted octanol–water partition coefficient (Wildman–Crippen LogP) is 2.74. The molecule has 1 N–H and O–H groups in total. The molecule has 7 heteroatoms. The number of nitrogens with zero attached hydrogens (tertiary/aromatic N) is 4. The molecule has 1 aliphatic rings. The number of nitrogens with one attached hydrogen (secondary N) is 1. The number of likely N-dealkylation sites (N-methyl/N-ethyl adjacent to an activating group) is 1. The molecule has 6 nitrogen and oxygen atoms in total. The van der Waals surface area contributed by atoms with Crippen molar-refractivity contribution >= 4 is 29.9 Å². The van der Waals surface area contributed by atoms with E-state index in [1.165, 1.54) is 38.2 Å². The number of halogens is 1. The normalized spacial score (nSPS) is 16.2. The SMILES string of the molecule is CCOc1ccc(CN(C)C(=NC)NCCCN2CCCN(C)CC2)cc1.I. The number of hydrogen-bond donors (Lipinski definition) is 1. The largest absolute Gasteiger partial charge is 0.494 e. The number of hydrogen-bond acceptors (Lipinski definition) is 4. The van der Waals surface area contributed by atoms with Gasteiger partial charge in [0, 0.05) is 40.3 Å². The van der Waals surface area contributed by atoms with Gasteiger partial charge in [-0.3, -0.25) is 4.99 Å². The van der Waals surface area contributed by atoms with Crippen LogP contribution in [-0.2, 0) is 6.54 Å². The molecule has 0 aliphatic carbocycles. The molecule has 28 heavy (non-hydrogen) atoms. The van der Waals surface area contributed by atoms with Gasteiger partial charge in [-0.05, 0) is 64.1 Å². The van der Waals surface area contributed by atoms with E-state index < -0.39 is 0 Å². The topological polar surface area (TPSA) is 43.3 Å². The van der Waals surface area contributed by atoms with Gasteiger partial charge in [0.15, 0.2) is 5.96 Å². The molecular formula is C21H38IN5O. The Hall–Kier alpha value is -1.06. The average molecular weight is 503 g/mol. The van der Waals surface area contributed by atoms with Gasteiger partial charge < -0.3 is 24.8 Å². The molecule has 0 radical (unpaired) electrons. The molecule has 0 atom stereocenters. The fourth-order valence-corrected chi connectivity index (χ4v) is 3.42. The van der Waals surface area contributed by atoms with Crippen LogP contribution in [0.3, 0.4) is 0 Å². The molecule has 0 bridgehead atoms. The van der Waals surface area contributed by atoms with E-state index in [-0.39, 0.29) is 24.0 Å². The van der Waals surface area contributed by atoms with Crippen LogP contribution in [-0.4, -0.2) is 87.7 Å². The van der Waals surface area contributed by atoms with E-state index in [0.717, 1.165) is 37.8 Å². The minimum atomic E-state index is 0. The molecule has 160 valence electrons. The van der Waals surface area contributed by atoms with Crippen molar-refractivity contribution in [3.8, 4) is 5.75 Å². The maximum atomic E-state index is 5.51. The Labute approximate surface area is 188 Å². The monoisotopic (exact) mass is 503 g/mol. The fraction of sp³-hybridized carbons (Fsp3) is 0.667. The summed E-state index contributed by atoms with van der Waals surface area (Å²) in [6, 6.07) is 8.29. The Bertz CT molecular complexity index is 566. The molecule has 1 aromatic carbocycles. The van der Waals surface area contributed by atoms with Crippen molar-refractivity contribution in [1.82, 2.24) is 20.0 Å². The summed E-state index contributed by atoms with van der Waals surface area (Å²) in [5.74, 6) is 1.87. The zero-order valence-corrected chi connectivity index (χ0v) is 20.3. The number of rotatable bonds is 8. The van der Waals surface area contributed by atoms with Crippen LogP contribution in [0.1, 0.15) is 25.3 Å². The van der Waals surface area contributed by atoms with Gasteiger partial charge in [0.25, 0.3) is 0 Å². The standard InChI is InChI=1S/C21H37N5O.HI/c1-5-27-20-10-8-19(9-11-20)18-25(4)21(22-2)23-12-6-14-26-15-7-13-24(3)16-17-26;/h8-11H,5-7,12-18H2,1-4H3,(H,22,23);1H. The van der Waals surface area contributed by atoms with Crippen LogP contribution in [0.15, 0.2) is 29.3 Å². The van der Waals surface area contributed by atoms with Gasteiger partial charge in [0.05, 0.1) is 6.61 Å². The van der Waals surface area contributed by atoms with Gasteiger partial charge in [-0.25, -0.2) is 0 Å². The van der Waals surface area contributed by atoms with Crippen molar-refractivity contribution in [1.29, 1.82) is 0 Å². The summed E-state index contributed by atoms with van der Waals surface area (Å²) in [5, 5.41) is 3.50. The fourth-order valence-electron chi connectivity index (χ4n) is 3.42. The Morgan fingerprint density at radius 1 is 1.18 bits per heavy atom. The van der Waals surface area contributed by atoms with Crippen LogP contribution in [0.5, 0.6) is 5.75 Å². The lowest BCUT2D eigenvalue weighted by molar-refractivity contribution is 0.273. The van der Waals surface area contributed by atoms with Crippen molar-refractivity contribution in [2.24, 2.45) is 4.99 Å². The lowest BCUT2D eigenvalue weighted by Crippen LogP contribution is -2.40. The second-order valence-electron chi connectivity index (χ2n) is 7.26. The minimum absolute atomic E-state index is 0. The number of aliphatic imine (C=N–C) groups is 1. The van der Waals surface area contributed by atoms with Crippen LogP contribution in [0, 0.1) is 0 Å². The van der Waals surface area contributed by atoms with Crippen molar-refractivity contribution < 1.29 is 4.74 Å². The first-order valence-corrected chi connectivity index (χ1v) is 10.2. The predicted molar refractivity (Wildman–Crippen MR) is 129 cm³/mol. The van der Waals surface area contributed by atoms with Crippen molar-refractivity contribution in [2.45, 2.75) is 26.3 Å². The smallest absolute Gasteiger partial charge is 0.193 e. The first-order valence-electron chi connectivity index (χ1n) is 10.2. The van der Waals surface area contributed by atoms with Crippen molar-refractivity contribution in [3.63, 3.8) is 0 Å². The van der Waals surface area contributed by atoms with Crippen LogP contribution in [0.2, 0.25) is 0 Å². The first-order chi connectivity index (χ1) is 13.1. The van der Waals surface area contributed by atoms with Gasteiger partial charge in [0.1, 0.15) is 5.75 Å². The Kier molecular flexibility index (Phi) is 12.5. The highest BCUT2D eigenvalue weighted by Gasteiger charge is 2.12. The summed E-state index contributed by atoms with van der Waals surface area (Å²) in [7, 11) is 6.15. The zero-order chi connectivity index (χ0) is 19.5. The summed E-state index contributed by atoms with van der Waals surface area (Å²) in [6.45, 7) is 10.4. The van der Waals surface area contributed by atoms with Crippen molar-refractivity contribution in [2.75, 3.05) is 67.0 Å². The molecule has 1 aromatic rings. The maximum Gasteiger partial charge on any atom is 0.193 e. The Morgan fingerprint density at radius 2 is 1.93 bits per heavy atom. The molecule has 0 spiro atoms. The van der Waals surface area contributed by atoms with E-state index in [9.17, 15) is 0 Å². The number of benzene rings is 1. The van der Waals surface area contributed by atoms with Crippen LogP contribution in [0.25, 0.3) is 0 Å². The Morgan fingerprint density at radius 3 is 2.61 bits per heavy atom. The summed E-state index contributed by atoms with van der Waals surface area (Å²) < 4.78 is 5.51. The van der Waals surface area contributed by atoms with E-state index >= 15 is 0 Å². The average Bonchev–Trinajstić information content (AvgIpc) is 2.88. The minimum Gasteiger partial charge on any atom is -0.494 e. The van der Waals surface area contributed by atoms with Gasteiger partial charge in [0.2, 0.25) is 0 Å². The quantitative estimate of drug-likeness (QED) is 0.256. The molecule has 0 unspecified atom stereocenters. The Balaban J connectivity index is 0.00000392. The van der Waals surface area contributed by atoms with Gasteiger partial charge in [-0.15, -0.1) is 24.0 Å². The summed E-state index contributed by atoms with van der Waals surface area (Å²) in [4.78, 5) is 11.6. The van der Waals surface area contributed by atoms with Crippen LogP contribution >= 0.6 is 24.0 Å². The lowest BCUT2D eigenvalue weighted by atomic mass is 10.2. The summed E-state index contributed by atoms with van der Waals surface area (Å²) in [6.07, 6.45) is 2.41. The molecule has 0 aromatic heterocycles. The molecule has 1 aliphatic heterocycles. The third kappa shape index (κ3) is 8.96. The van der Waals surface area contributed by atoms with E-state index in [1.807, 2.05) is 26.1 Å². The molecule has 1 saturated heterocycles. The van der Waals surface area contributed by atoms with E-state index in [2.05, 4.69) is 51.2 Å². The van der Waals surface area contributed by atoms with Crippen molar-refractivity contribution in [3.05, 3.63) is 29.8 Å².